The van der Waals surface area contributed by atoms with Gasteiger partial charge in [-0.15, -0.1) is 0 Å². The van der Waals surface area contributed by atoms with E-state index < -0.39 is 10.8 Å². The lowest BCUT2D eigenvalue weighted by atomic mass is 10.1. The highest BCUT2D eigenvalue weighted by Crippen LogP contribution is 2.35. The van der Waals surface area contributed by atoms with E-state index in [1.165, 1.54) is 24.1 Å². The van der Waals surface area contributed by atoms with E-state index in [0.717, 1.165) is 16.9 Å². The number of ether oxygens (including phenoxy) is 3. The summed E-state index contributed by atoms with van der Waals surface area (Å²) < 4.78 is 16.3. The second-order valence-corrected chi connectivity index (χ2v) is 6.61. The molecular weight excluding hydrogens is 376 g/mol. The Morgan fingerprint density at radius 3 is 2.28 bits per heavy atom. The zero-order valence-electron chi connectivity index (χ0n) is 17.4. The second kappa shape index (κ2) is 9.77. The maximum absolute atomic E-state index is 12.8. The van der Waals surface area contributed by atoms with Gasteiger partial charge >= 0.3 is 0 Å². The van der Waals surface area contributed by atoms with Crippen LogP contribution in [-0.2, 0) is 0 Å². The van der Waals surface area contributed by atoms with Gasteiger partial charge in [0.2, 0.25) is 0 Å². The number of hydrogen-bond donors (Lipinski definition) is 0. The average molecular weight is 402 g/mol. The molecule has 0 radical (unpaired) electrons. The van der Waals surface area contributed by atoms with Crippen molar-refractivity contribution in [3.05, 3.63) is 57.1 Å². The highest BCUT2D eigenvalue weighted by Gasteiger charge is 2.26. The fourth-order valence-corrected chi connectivity index (χ4v) is 2.92. The van der Waals surface area contributed by atoms with Crippen LogP contribution in [0.5, 0.6) is 17.2 Å². The lowest BCUT2D eigenvalue weighted by Gasteiger charge is -2.19. The van der Waals surface area contributed by atoms with E-state index in [-0.39, 0.29) is 35.9 Å². The normalized spacial score (nSPS) is 10.4. The molecule has 0 aliphatic heterocycles. The van der Waals surface area contributed by atoms with Crippen LogP contribution in [0.3, 0.4) is 0 Å². The summed E-state index contributed by atoms with van der Waals surface area (Å²) in [4.78, 5) is 25.1. The van der Waals surface area contributed by atoms with Crippen molar-refractivity contribution in [2.45, 2.75) is 20.8 Å². The number of amides is 1. The Kier molecular flexibility index (Phi) is 7.41. The van der Waals surface area contributed by atoms with Gasteiger partial charge in [0.05, 0.1) is 31.3 Å². The molecule has 2 rings (SSSR count). The lowest BCUT2D eigenvalue weighted by Crippen LogP contribution is -2.31. The minimum Gasteiger partial charge on any atom is -0.493 e. The van der Waals surface area contributed by atoms with Crippen LogP contribution in [-0.4, -0.2) is 49.6 Å². The summed E-state index contributed by atoms with van der Waals surface area (Å²) in [7, 11) is 2.99. The number of methoxy groups -OCH3 is 1. The summed E-state index contributed by atoms with van der Waals surface area (Å²) in [5, 5.41) is 11.5. The number of carbonyl (C=O) groups excluding carboxylic acids is 1. The van der Waals surface area contributed by atoms with E-state index >= 15 is 0 Å². The molecule has 0 bridgehead atoms. The van der Waals surface area contributed by atoms with Crippen molar-refractivity contribution < 1.29 is 23.9 Å². The van der Waals surface area contributed by atoms with Crippen LogP contribution in [0.25, 0.3) is 0 Å². The summed E-state index contributed by atoms with van der Waals surface area (Å²) >= 11 is 0. The highest BCUT2D eigenvalue weighted by molar-refractivity contribution is 5.99. The van der Waals surface area contributed by atoms with Gasteiger partial charge in [-0.1, -0.05) is 6.07 Å². The molecule has 0 fully saturated rings. The summed E-state index contributed by atoms with van der Waals surface area (Å²) in [6.45, 7) is 6.55. The fourth-order valence-electron chi connectivity index (χ4n) is 2.92. The number of likely N-dealkylation sites (N-methyl/N-ethyl adjacent to an activating group) is 1. The van der Waals surface area contributed by atoms with Gasteiger partial charge in [0.15, 0.2) is 11.5 Å². The van der Waals surface area contributed by atoms with E-state index in [1.807, 2.05) is 32.0 Å². The number of nitrogens with zero attached hydrogens (tertiary/aromatic N) is 2. The standard InChI is InChI=1S/C21H26N2O6/c1-6-28-20-13-18(23(25)26)17(12-19(20)27-5)21(24)22(4)7-8-29-16-10-14(2)9-15(3)11-16/h9-13H,6-8H2,1-5H3. The predicted octanol–water partition coefficient (Wildman–Crippen LogP) is 3.77. The molecule has 0 aliphatic carbocycles. The molecule has 0 N–H and O–H groups in total. The largest absolute Gasteiger partial charge is 0.493 e. The molecule has 0 spiro atoms. The number of nitro benzene ring substituents is 1. The molecule has 0 atom stereocenters. The van der Waals surface area contributed by atoms with Crippen molar-refractivity contribution in [1.29, 1.82) is 0 Å². The van der Waals surface area contributed by atoms with E-state index in [2.05, 4.69) is 0 Å². The molecule has 0 aromatic heterocycles. The zero-order valence-corrected chi connectivity index (χ0v) is 17.4. The highest BCUT2D eigenvalue weighted by atomic mass is 16.6. The summed E-state index contributed by atoms with van der Waals surface area (Å²) in [6, 6.07) is 8.43. The Hall–Kier alpha value is -3.29. The Balaban J connectivity index is 2.15. The number of rotatable bonds is 9. The first-order valence-corrected chi connectivity index (χ1v) is 9.22. The number of benzene rings is 2. The predicted molar refractivity (Wildman–Crippen MR) is 109 cm³/mol. The van der Waals surface area contributed by atoms with Crippen LogP contribution < -0.4 is 14.2 Å². The molecule has 2 aromatic rings. The minimum atomic E-state index is -0.602. The number of carbonyl (C=O) groups is 1. The molecule has 1 amide bonds. The van der Waals surface area contributed by atoms with E-state index in [9.17, 15) is 14.9 Å². The molecule has 0 heterocycles. The Bertz CT molecular complexity index is 877. The van der Waals surface area contributed by atoms with Crippen molar-refractivity contribution >= 4 is 11.6 Å². The molecule has 0 unspecified atom stereocenters. The molecule has 0 saturated carbocycles. The molecular formula is C21H26N2O6. The van der Waals surface area contributed by atoms with Gasteiger partial charge in [-0.25, -0.2) is 0 Å². The van der Waals surface area contributed by atoms with Crippen molar-refractivity contribution in [1.82, 2.24) is 4.90 Å². The minimum absolute atomic E-state index is 0.0656. The third kappa shape index (κ3) is 5.60. The molecule has 8 nitrogen and oxygen atoms in total. The zero-order chi connectivity index (χ0) is 21.6. The monoisotopic (exact) mass is 402 g/mol. The van der Waals surface area contributed by atoms with Crippen LogP contribution in [0, 0.1) is 24.0 Å². The average Bonchev–Trinajstić information content (AvgIpc) is 2.66. The van der Waals surface area contributed by atoms with Crippen LogP contribution >= 0.6 is 0 Å². The van der Waals surface area contributed by atoms with Crippen LogP contribution in [0.15, 0.2) is 30.3 Å². The van der Waals surface area contributed by atoms with E-state index in [0.29, 0.717) is 6.61 Å². The number of aryl methyl sites for hydroxylation is 2. The molecule has 0 aliphatic rings. The van der Waals surface area contributed by atoms with Crippen molar-refractivity contribution in [3.63, 3.8) is 0 Å². The third-order valence-corrected chi connectivity index (χ3v) is 4.25. The van der Waals surface area contributed by atoms with Crippen LogP contribution in [0.2, 0.25) is 0 Å². The van der Waals surface area contributed by atoms with Crippen molar-refractivity contribution in [2.75, 3.05) is 33.9 Å². The smallest absolute Gasteiger partial charge is 0.286 e. The summed E-state index contributed by atoms with van der Waals surface area (Å²) in [5.41, 5.74) is 1.77. The first-order chi connectivity index (χ1) is 13.8. The molecule has 29 heavy (non-hydrogen) atoms. The van der Waals surface area contributed by atoms with Gasteiger partial charge in [0, 0.05) is 13.1 Å². The van der Waals surface area contributed by atoms with Gasteiger partial charge in [-0.2, -0.15) is 0 Å². The number of nitro groups is 1. The van der Waals surface area contributed by atoms with Gasteiger partial charge in [0.25, 0.3) is 11.6 Å². The first-order valence-electron chi connectivity index (χ1n) is 9.22. The van der Waals surface area contributed by atoms with Crippen LogP contribution in [0.4, 0.5) is 5.69 Å². The molecule has 156 valence electrons. The lowest BCUT2D eigenvalue weighted by molar-refractivity contribution is -0.385. The molecule has 0 saturated heterocycles. The fraction of sp³-hybridized carbons (Fsp3) is 0.381. The van der Waals surface area contributed by atoms with Crippen molar-refractivity contribution in [3.8, 4) is 17.2 Å². The van der Waals surface area contributed by atoms with E-state index in [4.69, 9.17) is 14.2 Å². The summed E-state index contributed by atoms with van der Waals surface area (Å²) in [5.74, 6) is 0.707. The third-order valence-electron chi connectivity index (χ3n) is 4.25. The molecule has 8 heteroatoms. The number of hydrogen-bond acceptors (Lipinski definition) is 6. The van der Waals surface area contributed by atoms with E-state index in [1.54, 1.807) is 14.0 Å². The van der Waals surface area contributed by atoms with Gasteiger partial charge in [-0.3, -0.25) is 14.9 Å². The Morgan fingerprint density at radius 1 is 1.07 bits per heavy atom. The Labute approximate surface area is 170 Å². The van der Waals surface area contributed by atoms with Crippen LogP contribution in [0.1, 0.15) is 28.4 Å². The van der Waals surface area contributed by atoms with Gasteiger partial charge in [0.1, 0.15) is 17.9 Å². The first kappa shape index (κ1) is 22.0. The van der Waals surface area contributed by atoms with Gasteiger partial charge in [-0.05, 0) is 44.0 Å². The topological polar surface area (TPSA) is 91.1 Å². The maximum atomic E-state index is 12.8. The quantitative estimate of drug-likeness (QED) is 0.468. The molecule has 2 aromatic carbocycles. The SMILES string of the molecule is CCOc1cc([N+](=O)[O-])c(C(=O)N(C)CCOc2cc(C)cc(C)c2)cc1OC. The Morgan fingerprint density at radius 2 is 1.72 bits per heavy atom. The summed E-state index contributed by atoms with van der Waals surface area (Å²) in [6.07, 6.45) is 0. The van der Waals surface area contributed by atoms with Crippen molar-refractivity contribution in [2.24, 2.45) is 0 Å². The second-order valence-electron chi connectivity index (χ2n) is 6.61. The van der Waals surface area contributed by atoms with Gasteiger partial charge < -0.3 is 19.1 Å². The maximum Gasteiger partial charge on any atom is 0.286 e.